The van der Waals surface area contributed by atoms with Crippen LogP contribution in [0, 0.1) is 11.8 Å². The second kappa shape index (κ2) is 7.51. The second-order valence-electron chi connectivity index (χ2n) is 6.63. The number of rotatable bonds is 4. The van der Waals surface area contributed by atoms with E-state index in [2.05, 4.69) is 5.32 Å². The second-order valence-corrected chi connectivity index (χ2v) is 6.63. The summed E-state index contributed by atoms with van der Waals surface area (Å²) in [6.07, 6.45) is -1.83. The van der Waals surface area contributed by atoms with Gasteiger partial charge in [0.05, 0.1) is 0 Å². The summed E-state index contributed by atoms with van der Waals surface area (Å²) in [7, 11) is 0. The molecular formula is C17H22ClF3N2O2. The van der Waals surface area contributed by atoms with Crippen molar-refractivity contribution in [1.29, 1.82) is 0 Å². The minimum Gasteiger partial charge on any atom is -0.366 e. The number of halogens is 4. The molecule has 1 heterocycles. The van der Waals surface area contributed by atoms with E-state index in [1.54, 1.807) is 24.3 Å². The molecule has 4 nitrogen and oxygen atoms in total. The topological polar surface area (TPSA) is 64.4 Å². The first-order chi connectivity index (χ1) is 11.3. The molecule has 1 amide bonds. The zero-order chi connectivity index (χ0) is 17.4. The Bertz CT molecular complexity index is 602. The highest BCUT2D eigenvalue weighted by Gasteiger charge is 2.53. The lowest BCUT2D eigenvalue weighted by Gasteiger charge is -2.53. The van der Waals surface area contributed by atoms with Crippen LogP contribution < -0.4 is 11.1 Å². The van der Waals surface area contributed by atoms with Crippen LogP contribution in [-0.2, 0) is 10.3 Å². The summed E-state index contributed by atoms with van der Waals surface area (Å²) < 4.78 is 44.2. The molecule has 1 saturated heterocycles. The molecule has 25 heavy (non-hydrogen) atoms. The van der Waals surface area contributed by atoms with Gasteiger partial charge in [-0.15, -0.1) is 12.4 Å². The maximum Gasteiger partial charge on any atom is 0.411 e. The Hall–Kier alpha value is -1.31. The third-order valence-electron chi connectivity index (χ3n) is 5.17. The van der Waals surface area contributed by atoms with Crippen LogP contribution in [0.25, 0.3) is 0 Å². The average Bonchev–Trinajstić information content (AvgIpc) is 2.51. The monoisotopic (exact) mass is 378 g/mol. The van der Waals surface area contributed by atoms with Gasteiger partial charge in [-0.3, -0.25) is 4.79 Å². The van der Waals surface area contributed by atoms with Gasteiger partial charge in [-0.05, 0) is 30.5 Å². The summed E-state index contributed by atoms with van der Waals surface area (Å²) in [5.41, 5.74) is 5.23. The number of hydrogen-bond acceptors (Lipinski definition) is 3. The number of carbonyl (C=O) groups is 1. The largest absolute Gasteiger partial charge is 0.411 e. The highest BCUT2D eigenvalue weighted by Crippen LogP contribution is 2.50. The number of primary amides is 1. The van der Waals surface area contributed by atoms with Gasteiger partial charge in [0.2, 0.25) is 5.91 Å². The van der Waals surface area contributed by atoms with Crippen LogP contribution >= 0.6 is 12.4 Å². The molecule has 1 aliphatic carbocycles. The molecule has 2 fully saturated rings. The van der Waals surface area contributed by atoms with Crippen LogP contribution in [-0.4, -0.2) is 31.8 Å². The van der Waals surface area contributed by atoms with E-state index >= 15 is 0 Å². The quantitative estimate of drug-likeness (QED) is 0.846. The summed E-state index contributed by atoms with van der Waals surface area (Å²) in [6.45, 7) is -0.0783. The van der Waals surface area contributed by atoms with E-state index in [9.17, 15) is 18.0 Å². The number of amides is 1. The predicted octanol–water partition coefficient (Wildman–Crippen LogP) is 3.00. The van der Waals surface area contributed by atoms with E-state index in [1.165, 1.54) is 0 Å². The van der Waals surface area contributed by atoms with Gasteiger partial charge in [0, 0.05) is 30.5 Å². The molecule has 8 heteroatoms. The van der Waals surface area contributed by atoms with Crippen LogP contribution in [0.3, 0.4) is 0 Å². The zero-order valence-electron chi connectivity index (χ0n) is 13.6. The Labute approximate surface area is 150 Å². The van der Waals surface area contributed by atoms with Gasteiger partial charge < -0.3 is 15.8 Å². The molecule has 2 aliphatic rings. The van der Waals surface area contributed by atoms with Gasteiger partial charge in [-0.1, -0.05) is 18.6 Å². The first-order valence-corrected chi connectivity index (χ1v) is 8.14. The molecule has 2 unspecified atom stereocenters. The molecule has 0 radical (unpaired) electrons. The summed E-state index contributed by atoms with van der Waals surface area (Å²) in [4.78, 5) is 11.5. The van der Waals surface area contributed by atoms with E-state index in [-0.39, 0.29) is 24.2 Å². The van der Waals surface area contributed by atoms with Crippen molar-refractivity contribution < 1.29 is 22.7 Å². The van der Waals surface area contributed by atoms with Crippen molar-refractivity contribution in [2.45, 2.75) is 31.0 Å². The molecular weight excluding hydrogens is 357 g/mol. The first kappa shape index (κ1) is 20.0. The Kier molecular flexibility index (Phi) is 6.01. The summed E-state index contributed by atoms with van der Waals surface area (Å²) in [5, 5.41) is 3.29. The Morgan fingerprint density at radius 1 is 1.28 bits per heavy atom. The van der Waals surface area contributed by atoms with Crippen LogP contribution in [0.4, 0.5) is 13.2 Å². The third kappa shape index (κ3) is 3.93. The molecule has 2 atom stereocenters. The highest BCUT2D eigenvalue weighted by molar-refractivity contribution is 5.92. The number of nitrogens with one attached hydrogen (secondary N) is 1. The van der Waals surface area contributed by atoms with Crippen molar-refractivity contribution in [3.63, 3.8) is 0 Å². The van der Waals surface area contributed by atoms with Gasteiger partial charge in [-0.2, -0.15) is 13.2 Å². The van der Waals surface area contributed by atoms with E-state index < -0.39 is 24.3 Å². The Morgan fingerprint density at radius 3 is 2.48 bits per heavy atom. The van der Waals surface area contributed by atoms with Gasteiger partial charge in [0.1, 0.15) is 12.2 Å². The lowest BCUT2D eigenvalue weighted by Crippen LogP contribution is -2.59. The molecule has 1 saturated carbocycles. The standard InChI is InChI=1S/C17H21F3N2O2.ClH/c18-16(19,20)10-24-17(12-4-1-3-11(7-12)15(21)23)13-5-2-6-14(17)9-22-8-13;/h1,3-4,7,13-14,22H,2,5-6,8-10H2,(H2,21,23);1H. The van der Waals surface area contributed by atoms with Crippen molar-refractivity contribution in [3.05, 3.63) is 35.4 Å². The maximum atomic E-state index is 12.9. The van der Waals surface area contributed by atoms with Crippen LogP contribution in [0.5, 0.6) is 0 Å². The van der Waals surface area contributed by atoms with Gasteiger partial charge >= 0.3 is 6.18 Å². The summed E-state index contributed by atoms with van der Waals surface area (Å²) >= 11 is 0. The zero-order valence-corrected chi connectivity index (χ0v) is 14.5. The lowest BCUT2D eigenvalue weighted by molar-refractivity contribution is -0.244. The number of benzene rings is 1. The fourth-order valence-electron chi connectivity index (χ4n) is 4.22. The van der Waals surface area contributed by atoms with E-state index in [0.29, 0.717) is 24.2 Å². The van der Waals surface area contributed by atoms with Crippen molar-refractivity contribution in [2.24, 2.45) is 17.6 Å². The van der Waals surface area contributed by atoms with E-state index in [4.69, 9.17) is 10.5 Å². The molecule has 1 aliphatic heterocycles. The number of alkyl halides is 3. The number of nitrogens with two attached hydrogens (primary N) is 1. The maximum absolute atomic E-state index is 12.9. The molecule has 2 bridgehead atoms. The molecule has 3 N–H and O–H groups in total. The number of piperidine rings is 1. The van der Waals surface area contributed by atoms with Crippen LogP contribution in [0.1, 0.15) is 35.2 Å². The van der Waals surface area contributed by atoms with E-state index in [0.717, 1.165) is 19.3 Å². The fourth-order valence-corrected chi connectivity index (χ4v) is 4.22. The first-order valence-electron chi connectivity index (χ1n) is 8.14. The number of fused-ring (bicyclic) bond motifs is 2. The van der Waals surface area contributed by atoms with Crippen molar-refractivity contribution in [3.8, 4) is 0 Å². The average molecular weight is 379 g/mol. The molecule has 0 aromatic heterocycles. The highest BCUT2D eigenvalue weighted by atomic mass is 35.5. The van der Waals surface area contributed by atoms with Gasteiger partial charge in [0.15, 0.2) is 0 Å². The lowest BCUT2D eigenvalue weighted by atomic mass is 9.62. The van der Waals surface area contributed by atoms with E-state index in [1.807, 2.05) is 0 Å². The third-order valence-corrected chi connectivity index (χ3v) is 5.17. The van der Waals surface area contributed by atoms with Crippen molar-refractivity contribution in [1.82, 2.24) is 5.32 Å². The number of carbonyl (C=O) groups excluding carboxylic acids is 1. The minimum atomic E-state index is -4.40. The molecule has 1 aromatic rings. The Balaban J connectivity index is 0.00000225. The van der Waals surface area contributed by atoms with Gasteiger partial charge in [-0.25, -0.2) is 0 Å². The fraction of sp³-hybridized carbons (Fsp3) is 0.588. The normalized spacial score (nSPS) is 28.9. The smallest absolute Gasteiger partial charge is 0.366 e. The minimum absolute atomic E-state index is 0. The molecule has 0 spiro atoms. The Morgan fingerprint density at radius 2 is 1.92 bits per heavy atom. The predicted molar refractivity (Wildman–Crippen MR) is 89.6 cm³/mol. The summed E-state index contributed by atoms with van der Waals surface area (Å²) in [6, 6.07) is 6.57. The summed E-state index contributed by atoms with van der Waals surface area (Å²) in [5.74, 6) is -0.715. The molecule has 140 valence electrons. The van der Waals surface area contributed by atoms with Crippen LogP contribution in [0.15, 0.2) is 24.3 Å². The van der Waals surface area contributed by atoms with Crippen LogP contribution in [0.2, 0.25) is 0 Å². The van der Waals surface area contributed by atoms with Gasteiger partial charge in [0.25, 0.3) is 0 Å². The molecule has 1 aromatic carbocycles. The molecule has 3 rings (SSSR count). The van der Waals surface area contributed by atoms with Crippen molar-refractivity contribution >= 4 is 18.3 Å². The SMILES string of the molecule is Cl.NC(=O)c1cccc(C2(OCC(F)(F)F)C3CCCC2CNC3)c1. The number of ether oxygens (including phenoxy) is 1. The number of hydrogen-bond donors (Lipinski definition) is 2. The van der Waals surface area contributed by atoms with Crippen molar-refractivity contribution in [2.75, 3.05) is 19.7 Å².